The second kappa shape index (κ2) is 8.56. The van der Waals surface area contributed by atoms with E-state index in [0.29, 0.717) is 24.9 Å². The van der Waals surface area contributed by atoms with Gasteiger partial charge in [-0.05, 0) is 51.1 Å². The van der Waals surface area contributed by atoms with Crippen molar-refractivity contribution in [3.05, 3.63) is 35.1 Å². The predicted octanol–water partition coefficient (Wildman–Crippen LogP) is 0.665. The Morgan fingerprint density at radius 1 is 1.11 bits per heavy atom. The first kappa shape index (κ1) is 25.2. The number of phenols is 1. The van der Waals surface area contributed by atoms with Crippen molar-refractivity contribution in [2.45, 2.75) is 75.4 Å². The number of rotatable bonds is 6. The highest BCUT2D eigenvalue weighted by Crippen LogP contribution is 2.65. The van der Waals surface area contributed by atoms with Gasteiger partial charge in [0.2, 0.25) is 12.2 Å². The number of aromatic hydroxyl groups is 1. The molecule has 2 unspecified atom stereocenters. The number of esters is 3. The van der Waals surface area contributed by atoms with Gasteiger partial charge in [0, 0.05) is 31.9 Å². The predicted molar refractivity (Wildman–Crippen MR) is 124 cm³/mol. The molecule has 1 saturated heterocycles. The summed E-state index contributed by atoms with van der Waals surface area (Å²) in [5, 5.41) is 22.8. The summed E-state index contributed by atoms with van der Waals surface area (Å²) in [6.07, 6.45) is -1.78. The van der Waals surface area contributed by atoms with Gasteiger partial charge >= 0.3 is 17.9 Å². The maximum Gasteiger partial charge on any atom is 0.357 e. The molecule has 2 bridgehead atoms. The molecule has 2 heterocycles. The highest BCUT2D eigenvalue weighted by atomic mass is 16.6. The summed E-state index contributed by atoms with van der Waals surface area (Å²) in [6, 6.07) is 3.14. The van der Waals surface area contributed by atoms with Gasteiger partial charge in [0.25, 0.3) is 0 Å². The van der Waals surface area contributed by atoms with Crippen LogP contribution in [0.5, 0.6) is 11.5 Å². The summed E-state index contributed by atoms with van der Waals surface area (Å²) < 4.78 is 22.0. The molecule has 0 aromatic heterocycles. The van der Waals surface area contributed by atoms with Crippen LogP contribution in [0.25, 0.3) is 0 Å². The minimum Gasteiger partial charge on any atom is -0.504 e. The molecule has 4 aliphatic rings. The summed E-state index contributed by atoms with van der Waals surface area (Å²) in [7, 11) is 1.95. The van der Waals surface area contributed by atoms with Crippen LogP contribution in [0.2, 0.25) is 0 Å². The lowest BCUT2D eigenvalue weighted by atomic mass is 9.50. The molecule has 1 aromatic rings. The summed E-state index contributed by atoms with van der Waals surface area (Å²) in [6.45, 7) is 3.84. The lowest BCUT2D eigenvalue weighted by Gasteiger charge is -2.61. The molecule has 2 N–H and O–H groups in total. The monoisotopic (exact) mass is 515 g/mol. The van der Waals surface area contributed by atoms with Crippen LogP contribution in [0.3, 0.4) is 0 Å². The minimum atomic E-state index is -1.84. The largest absolute Gasteiger partial charge is 0.504 e. The van der Waals surface area contributed by atoms with Gasteiger partial charge in [0.1, 0.15) is 5.76 Å². The number of ether oxygens (including phenoxy) is 4. The number of carbonyl (C=O) groups excluding carboxylic acids is 4. The fourth-order valence-corrected chi connectivity index (χ4v) is 6.56. The number of hydrogen-bond acceptors (Lipinski definition) is 11. The molecule has 1 spiro atoms. The third kappa shape index (κ3) is 3.55. The normalized spacial score (nSPS) is 30.7. The van der Waals surface area contributed by atoms with Crippen molar-refractivity contribution in [3.8, 4) is 11.5 Å². The molecular formula is C26H29NO10. The Kier molecular flexibility index (Phi) is 5.83. The summed E-state index contributed by atoms with van der Waals surface area (Å²) >= 11 is 0. The third-order valence-electron chi connectivity index (χ3n) is 8.07. The van der Waals surface area contributed by atoms with Crippen molar-refractivity contribution >= 4 is 23.7 Å². The van der Waals surface area contributed by atoms with E-state index in [1.165, 1.54) is 0 Å². The van der Waals surface area contributed by atoms with Crippen molar-refractivity contribution < 1.29 is 48.3 Å². The van der Waals surface area contributed by atoms with Crippen LogP contribution in [-0.4, -0.2) is 82.4 Å². The lowest BCUT2D eigenvalue weighted by molar-refractivity contribution is -0.185. The number of likely N-dealkylation sites (tertiary alicyclic amines) is 1. The highest BCUT2D eigenvalue weighted by molar-refractivity contribution is 5.91. The van der Waals surface area contributed by atoms with Gasteiger partial charge in [0.15, 0.2) is 23.4 Å². The Balaban J connectivity index is 1.55. The SMILES string of the molecule is CC(=O)O[C@@H](C(C)=O)[C@@H](OC(C)=O)C(=O)OC1=CC[C@@]2(O)[C@H]3Cc4ccc(O)c5c4C2(CCN3C)C1O5. The van der Waals surface area contributed by atoms with E-state index in [1.54, 1.807) is 12.1 Å². The quantitative estimate of drug-likeness (QED) is 0.407. The fourth-order valence-electron chi connectivity index (χ4n) is 6.56. The van der Waals surface area contributed by atoms with Crippen molar-refractivity contribution in [3.63, 3.8) is 0 Å². The smallest absolute Gasteiger partial charge is 0.357 e. The van der Waals surface area contributed by atoms with E-state index < -0.39 is 53.0 Å². The molecule has 0 amide bonds. The number of aliphatic hydroxyl groups is 1. The average Bonchev–Trinajstić information content (AvgIpc) is 3.17. The summed E-state index contributed by atoms with van der Waals surface area (Å²) in [5.41, 5.74) is -0.609. The summed E-state index contributed by atoms with van der Waals surface area (Å²) in [4.78, 5) is 50.9. The molecule has 0 saturated carbocycles. The number of nitrogens with zero attached hydrogens (tertiary/aromatic N) is 1. The first-order chi connectivity index (χ1) is 17.4. The molecule has 2 aliphatic carbocycles. The van der Waals surface area contributed by atoms with Crippen molar-refractivity contribution in [2.24, 2.45) is 0 Å². The lowest BCUT2D eigenvalue weighted by Crippen LogP contribution is -2.74. The van der Waals surface area contributed by atoms with E-state index in [2.05, 4.69) is 4.90 Å². The Morgan fingerprint density at radius 2 is 1.78 bits per heavy atom. The van der Waals surface area contributed by atoms with E-state index in [1.807, 2.05) is 13.1 Å². The number of benzene rings is 1. The van der Waals surface area contributed by atoms with Crippen molar-refractivity contribution in [1.29, 1.82) is 0 Å². The molecule has 11 nitrogen and oxygen atoms in total. The van der Waals surface area contributed by atoms with E-state index >= 15 is 0 Å². The van der Waals surface area contributed by atoms with Crippen LogP contribution in [0.1, 0.15) is 44.7 Å². The number of ketones is 1. The second-order valence-corrected chi connectivity index (χ2v) is 10.2. The average molecular weight is 516 g/mol. The molecule has 5 rings (SSSR count). The molecule has 1 aromatic carbocycles. The van der Waals surface area contributed by atoms with Gasteiger partial charge in [-0.25, -0.2) is 4.79 Å². The molecule has 11 heteroatoms. The van der Waals surface area contributed by atoms with Crippen LogP contribution in [0.4, 0.5) is 0 Å². The fraction of sp³-hybridized carbons (Fsp3) is 0.538. The first-order valence-electron chi connectivity index (χ1n) is 12.1. The first-order valence-corrected chi connectivity index (χ1v) is 12.1. The second-order valence-electron chi connectivity index (χ2n) is 10.2. The van der Waals surface area contributed by atoms with Gasteiger partial charge in [-0.3, -0.25) is 14.4 Å². The standard InChI is InChI=1S/C26H29NO10/c1-12(28)20(34-13(2)29)22(35-14(3)30)24(32)36-17-7-8-26(33)18-11-15-5-6-16(31)21-19(15)25(26,23(17)37-21)9-10-27(18)4/h5-7,18,20,22-23,31,33H,8-11H2,1-4H3/t18-,20+,22-,23?,25?,26-/m1/s1. The van der Waals surface area contributed by atoms with Gasteiger partial charge in [-0.2, -0.15) is 0 Å². The van der Waals surface area contributed by atoms with E-state index in [9.17, 15) is 29.4 Å². The van der Waals surface area contributed by atoms with E-state index in [0.717, 1.165) is 26.3 Å². The Hall–Kier alpha value is -3.44. The molecule has 37 heavy (non-hydrogen) atoms. The maximum atomic E-state index is 13.3. The molecule has 198 valence electrons. The van der Waals surface area contributed by atoms with Gasteiger partial charge in [0.05, 0.1) is 11.0 Å². The molecular weight excluding hydrogens is 486 g/mol. The van der Waals surface area contributed by atoms with Crippen LogP contribution in [0.15, 0.2) is 24.0 Å². The Morgan fingerprint density at radius 3 is 2.43 bits per heavy atom. The van der Waals surface area contributed by atoms with Gasteiger partial charge in [-0.15, -0.1) is 0 Å². The zero-order chi connectivity index (χ0) is 26.9. The van der Waals surface area contributed by atoms with Gasteiger partial charge < -0.3 is 34.1 Å². The van der Waals surface area contributed by atoms with E-state index in [4.69, 9.17) is 18.9 Å². The zero-order valence-electron chi connectivity index (χ0n) is 21.0. The Bertz CT molecular complexity index is 1240. The third-order valence-corrected chi connectivity index (χ3v) is 8.07. The van der Waals surface area contributed by atoms with Crippen LogP contribution >= 0.6 is 0 Å². The molecule has 6 atom stereocenters. The summed E-state index contributed by atoms with van der Waals surface area (Å²) in [5.74, 6) is -3.35. The number of Topliss-reactive ketones (excluding diaryl/α,β-unsaturated/α-hetero) is 1. The molecule has 0 radical (unpaired) electrons. The van der Waals surface area contributed by atoms with Crippen molar-refractivity contribution in [1.82, 2.24) is 4.90 Å². The van der Waals surface area contributed by atoms with Crippen LogP contribution in [0, 0.1) is 0 Å². The van der Waals surface area contributed by atoms with Gasteiger partial charge in [-0.1, -0.05) is 6.07 Å². The topological polar surface area (TPSA) is 149 Å². The maximum absolute atomic E-state index is 13.3. The molecule has 1 fully saturated rings. The number of carbonyl (C=O) groups is 4. The Labute approximate surface area is 212 Å². The number of likely N-dealkylation sites (N-methyl/N-ethyl adjacent to an activating group) is 1. The van der Waals surface area contributed by atoms with Crippen LogP contribution in [-0.2, 0) is 45.2 Å². The van der Waals surface area contributed by atoms with E-state index in [-0.39, 0.29) is 29.7 Å². The highest BCUT2D eigenvalue weighted by Gasteiger charge is 2.72. The van der Waals surface area contributed by atoms with Crippen molar-refractivity contribution in [2.75, 3.05) is 13.6 Å². The zero-order valence-corrected chi connectivity index (χ0v) is 21.0. The van der Waals surface area contributed by atoms with Crippen LogP contribution < -0.4 is 4.74 Å². The number of phenolic OH excluding ortho intramolecular Hbond substituents is 1. The number of piperidine rings is 1. The number of hydrogen-bond donors (Lipinski definition) is 2. The minimum absolute atomic E-state index is 0.0590. The molecule has 2 aliphatic heterocycles.